The van der Waals surface area contributed by atoms with Gasteiger partial charge in [-0.25, -0.2) is 14.2 Å². The number of ether oxygens (including phenoxy) is 1. The molecule has 1 atom stereocenters. The molecule has 0 aliphatic carbocycles. The predicted molar refractivity (Wildman–Crippen MR) is 103 cm³/mol. The van der Waals surface area contributed by atoms with Crippen LogP contribution in [0.4, 0.5) is 22.7 Å². The van der Waals surface area contributed by atoms with E-state index >= 15 is 0 Å². The maximum absolute atomic E-state index is 14.1. The number of nitrogens with one attached hydrogen (secondary N) is 2. The lowest BCUT2D eigenvalue weighted by atomic mass is 10.1. The number of aryl methyl sites for hydroxylation is 1. The number of nitrogens with zero attached hydrogens (tertiary/aromatic N) is 1. The number of thiazole rings is 1. The van der Waals surface area contributed by atoms with Crippen LogP contribution >= 0.6 is 11.3 Å². The van der Waals surface area contributed by atoms with Crippen molar-refractivity contribution in [1.82, 2.24) is 10.3 Å². The molecule has 0 unspecified atom stereocenters. The van der Waals surface area contributed by atoms with Gasteiger partial charge >= 0.3 is 17.8 Å². The lowest BCUT2D eigenvalue weighted by Crippen LogP contribution is -2.69. The molecule has 11 heteroatoms. The zero-order valence-electron chi connectivity index (χ0n) is 15.6. The Kier molecular flexibility index (Phi) is 5.66. The monoisotopic (exact) mass is 441 g/mol. The van der Waals surface area contributed by atoms with Crippen molar-refractivity contribution in [3.63, 3.8) is 0 Å². The quantitative estimate of drug-likeness (QED) is 0.355. The Morgan fingerprint density at radius 1 is 1.13 bits per heavy atom. The van der Waals surface area contributed by atoms with E-state index in [2.05, 4.69) is 9.72 Å². The number of methoxy groups -OCH3 is 1. The summed E-state index contributed by atoms with van der Waals surface area (Å²) < 4.78 is 60.7. The molecule has 0 bridgehead atoms. The number of fused-ring (bicyclic) bond motifs is 1. The van der Waals surface area contributed by atoms with Crippen molar-refractivity contribution >= 4 is 38.6 Å². The van der Waals surface area contributed by atoms with E-state index in [-0.39, 0.29) is 5.13 Å². The van der Waals surface area contributed by atoms with Gasteiger partial charge in [-0.05, 0) is 36.8 Å². The van der Waals surface area contributed by atoms with Gasteiger partial charge in [0.1, 0.15) is 5.82 Å². The minimum Gasteiger partial charge on any atom is -0.466 e. The molecular weight excluding hydrogens is 426 g/mol. The number of alkyl halides is 3. The van der Waals surface area contributed by atoms with Gasteiger partial charge < -0.3 is 15.4 Å². The summed E-state index contributed by atoms with van der Waals surface area (Å²) in [6.45, 7) is 1.73. The summed E-state index contributed by atoms with van der Waals surface area (Å²) in [7, 11) is 0.751. The summed E-state index contributed by atoms with van der Waals surface area (Å²) in [6.07, 6.45) is -5.32. The van der Waals surface area contributed by atoms with E-state index < -0.39 is 35.1 Å². The maximum Gasteiger partial charge on any atom is 0.442 e. The smallest absolute Gasteiger partial charge is 0.442 e. The van der Waals surface area contributed by atoms with E-state index in [9.17, 15) is 27.2 Å². The molecule has 0 saturated carbocycles. The van der Waals surface area contributed by atoms with Crippen LogP contribution in [-0.4, -0.2) is 35.8 Å². The summed E-state index contributed by atoms with van der Waals surface area (Å²) in [5.41, 5.74) is -2.89. The average molecular weight is 441 g/mol. The molecule has 1 heterocycles. The normalized spacial score (nSPS) is 13.5. The highest BCUT2D eigenvalue weighted by Crippen LogP contribution is 2.36. The summed E-state index contributed by atoms with van der Waals surface area (Å²) in [4.78, 5) is 28.8. The second kappa shape index (κ2) is 7.90. The van der Waals surface area contributed by atoms with Gasteiger partial charge in [-0.2, -0.15) is 13.2 Å². The number of amides is 1. The molecule has 1 amide bonds. The number of anilines is 1. The zero-order chi connectivity index (χ0) is 22.1. The van der Waals surface area contributed by atoms with E-state index in [4.69, 9.17) is 0 Å². The van der Waals surface area contributed by atoms with Crippen molar-refractivity contribution < 1.29 is 31.9 Å². The zero-order valence-corrected chi connectivity index (χ0v) is 16.5. The van der Waals surface area contributed by atoms with Crippen molar-refractivity contribution in [2.75, 3.05) is 12.4 Å². The fourth-order valence-electron chi connectivity index (χ4n) is 2.72. The Morgan fingerprint density at radius 2 is 1.83 bits per heavy atom. The van der Waals surface area contributed by atoms with Crippen LogP contribution in [0.1, 0.15) is 15.9 Å². The number of hydrogen-bond acceptors (Lipinski definition) is 6. The number of carbonyl (C=O) groups is 2. The minimum atomic E-state index is -5.32. The molecule has 3 aromatic rings. The van der Waals surface area contributed by atoms with Gasteiger partial charge in [-0.1, -0.05) is 29.5 Å². The number of carbonyl (C=O) groups excluding carboxylic acids is 2. The van der Waals surface area contributed by atoms with Crippen molar-refractivity contribution in [2.24, 2.45) is 0 Å². The molecular formula is C19H15F4N3O3S. The highest BCUT2D eigenvalue weighted by atomic mass is 32.1. The molecule has 0 aliphatic heterocycles. The molecule has 0 radical (unpaired) electrons. The van der Waals surface area contributed by atoms with E-state index in [0.29, 0.717) is 10.2 Å². The maximum atomic E-state index is 14.1. The van der Waals surface area contributed by atoms with E-state index in [1.807, 2.05) is 5.32 Å². The first kappa shape index (κ1) is 21.5. The van der Waals surface area contributed by atoms with Gasteiger partial charge in [0.25, 0.3) is 5.91 Å². The number of halogens is 4. The fraction of sp³-hybridized carbons (Fsp3) is 0.211. The molecule has 0 saturated heterocycles. The molecule has 158 valence electrons. The molecule has 0 fully saturated rings. The number of benzene rings is 2. The van der Waals surface area contributed by atoms with Crippen LogP contribution in [0, 0.1) is 12.7 Å². The Bertz CT molecular complexity index is 1120. The Balaban J connectivity index is 2.07. The second-order valence-electron chi connectivity index (χ2n) is 6.27. The van der Waals surface area contributed by atoms with Crippen molar-refractivity contribution in [3.05, 3.63) is 59.4 Å². The van der Waals surface area contributed by atoms with Crippen molar-refractivity contribution in [1.29, 1.82) is 0 Å². The summed E-state index contributed by atoms with van der Waals surface area (Å²) in [6, 6.07) is 9.13. The first-order chi connectivity index (χ1) is 14.1. The third-order valence-corrected chi connectivity index (χ3v) is 5.16. The number of rotatable bonds is 5. The van der Waals surface area contributed by atoms with Crippen LogP contribution in [-0.2, 0) is 9.53 Å². The predicted octanol–water partition coefficient (Wildman–Crippen LogP) is 4.02. The number of aromatic nitrogens is 1. The van der Waals surface area contributed by atoms with Gasteiger partial charge in [0.05, 0.1) is 17.3 Å². The molecule has 6 nitrogen and oxygen atoms in total. The average Bonchev–Trinajstić information content (AvgIpc) is 3.09. The van der Waals surface area contributed by atoms with Crippen LogP contribution in [0.5, 0.6) is 0 Å². The first-order valence-corrected chi connectivity index (χ1v) is 9.26. The Labute approximate surface area is 171 Å². The summed E-state index contributed by atoms with van der Waals surface area (Å²) in [5, 5.41) is 3.36. The van der Waals surface area contributed by atoms with E-state index in [1.54, 1.807) is 30.4 Å². The topological polar surface area (TPSA) is 80.3 Å². The number of hydrogen-bond donors (Lipinski definition) is 2. The Hall–Kier alpha value is -3.21. The second-order valence-corrected chi connectivity index (χ2v) is 7.30. The Morgan fingerprint density at radius 3 is 2.43 bits per heavy atom. The molecule has 30 heavy (non-hydrogen) atoms. The SMILES string of the molecule is COC(=O)[C@@](NC(=O)c1cccc(F)c1)(Nc1nc2c(C)cccc2s1)C(F)(F)F. The summed E-state index contributed by atoms with van der Waals surface area (Å²) >= 11 is 0.866. The van der Waals surface area contributed by atoms with Gasteiger partial charge in [-0.15, -0.1) is 0 Å². The van der Waals surface area contributed by atoms with Gasteiger partial charge in [-0.3, -0.25) is 4.79 Å². The number of esters is 1. The highest BCUT2D eigenvalue weighted by molar-refractivity contribution is 7.22. The highest BCUT2D eigenvalue weighted by Gasteiger charge is 2.64. The third kappa shape index (κ3) is 3.92. The van der Waals surface area contributed by atoms with Gasteiger partial charge in [0, 0.05) is 5.56 Å². The molecule has 2 aromatic carbocycles. The van der Waals surface area contributed by atoms with E-state index in [1.165, 1.54) is 0 Å². The van der Waals surface area contributed by atoms with Crippen LogP contribution in [0.3, 0.4) is 0 Å². The van der Waals surface area contributed by atoms with Gasteiger partial charge in [0.2, 0.25) is 0 Å². The van der Waals surface area contributed by atoms with Crippen LogP contribution in [0.15, 0.2) is 42.5 Å². The minimum absolute atomic E-state index is 0.262. The molecule has 2 N–H and O–H groups in total. The molecule has 1 aromatic heterocycles. The van der Waals surface area contributed by atoms with Crippen molar-refractivity contribution in [2.45, 2.75) is 18.8 Å². The third-order valence-electron chi connectivity index (χ3n) is 4.22. The van der Waals surface area contributed by atoms with Crippen LogP contribution < -0.4 is 10.6 Å². The van der Waals surface area contributed by atoms with Gasteiger partial charge in [0.15, 0.2) is 5.13 Å². The van der Waals surface area contributed by atoms with Crippen LogP contribution in [0.2, 0.25) is 0 Å². The molecule has 3 rings (SSSR count). The molecule has 0 aliphatic rings. The first-order valence-electron chi connectivity index (χ1n) is 8.45. The largest absolute Gasteiger partial charge is 0.466 e. The van der Waals surface area contributed by atoms with Crippen LogP contribution in [0.25, 0.3) is 10.2 Å². The van der Waals surface area contributed by atoms with Crippen molar-refractivity contribution in [3.8, 4) is 0 Å². The lowest BCUT2D eigenvalue weighted by molar-refractivity contribution is -0.203. The lowest BCUT2D eigenvalue weighted by Gasteiger charge is -2.34. The number of para-hydroxylation sites is 1. The standard InChI is InChI=1S/C19H15F4N3O3S/c1-10-5-3-8-13-14(10)24-17(30-13)26-18(16(28)29-2,19(21,22)23)25-15(27)11-6-4-7-12(20)9-11/h3-9H,1-2H3,(H,24,26)(H,25,27)/t18-/m1/s1. The molecule has 0 spiro atoms. The van der Waals surface area contributed by atoms with E-state index in [0.717, 1.165) is 48.3 Å². The summed E-state index contributed by atoms with van der Waals surface area (Å²) in [5.74, 6) is -3.97. The fourth-order valence-corrected chi connectivity index (χ4v) is 3.72.